The molecule has 1 N–H and O–H groups in total. The van der Waals surface area contributed by atoms with Crippen LogP contribution in [-0.4, -0.2) is 27.1 Å². The number of nitrogens with zero attached hydrogens (tertiary/aromatic N) is 3. The largest absolute Gasteiger partial charge is 0.497 e. The first-order chi connectivity index (χ1) is 15.4. The molecular weight excluding hydrogens is 415 g/mol. The fourth-order valence-electron chi connectivity index (χ4n) is 4.34. The van der Waals surface area contributed by atoms with Gasteiger partial charge in [-0.3, -0.25) is 18.7 Å². The Hall–Kier alpha value is -3.49. The molecule has 3 aromatic rings. The molecule has 8 nitrogen and oxygen atoms in total. The lowest BCUT2D eigenvalue weighted by Gasteiger charge is -2.28. The predicted octanol–water partition coefficient (Wildman–Crippen LogP) is 2.69. The number of hydrogen-bond acceptors (Lipinski definition) is 5. The number of aromatic nitrogens is 3. The number of carbonyl (C=O) groups is 1. The molecule has 1 aliphatic rings. The Morgan fingerprint density at radius 1 is 1.19 bits per heavy atom. The minimum atomic E-state index is -0.600. The summed E-state index contributed by atoms with van der Waals surface area (Å²) in [6, 6.07) is 7.76. The number of ether oxygens (including phenoxy) is 1. The average Bonchev–Trinajstić information content (AvgIpc) is 2.81. The summed E-state index contributed by atoms with van der Waals surface area (Å²) in [5.74, 6) is -0.209. The van der Waals surface area contributed by atoms with Crippen molar-refractivity contribution in [1.82, 2.24) is 14.1 Å². The molecule has 4 rings (SSSR count). The zero-order valence-electron chi connectivity index (χ0n) is 18.0. The van der Waals surface area contributed by atoms with Crippen molar-refractivity contribution in [1.29, 1.82) is 0 Å². The van der Waals surface area contributed by atoms with Crippen molar-refractivity contribution >= 4 is 22.5 Å². The number of halogens is 1. The van der Waals surface area contributed by atoms with E-state index < -0.39 is 5.95 Å². The van der Waals surface area contributed by atoms with Crippen LogP contribution in [0.25, 0.3) is 10.9 Å². The molecule has 0 saturated heterocycles. The average molecular weight is 440 g/mol. The van der Waals surface area contributed by atoms with Gasteiger partial charge in [-0.05, 0) is 61.9 Å². The summed E-state index contributed by atoms with van der Waals surface area (Å²) in [6.07, 6.45) is 4.05. The highest BCUT2D eigenvalue weighted by atomic mass is 19.1. The van der Waals surface area contributed by atoms with Gasteiger partial charge in [0.25, 0.3) is 5.56 Å². The Morgan fingerprint density at radius 3 is 2.59 bits per heavy atom. The van der Waals surface area contributed by atoms with E-state index in [-0.39, 0.29) is 29.0 Å². The molecular formula is C23H25FN4O4. The van der Waals surface area contributed by atoms with E-state index in [4.69, 9.17) is 4.74 Å². The maximum atomic E-state index is 13.0. The summed E-state index contributed by atoms with van der Waals surface area (Å²) in [4.78, 5) is 41.9. The first-order valence-electron chi connectivity index (χ1n) is 10.6. The molecule has 0 radical (unpaired) electrons. The molecule has 168 valence electrons. The van der Waals surface area contributed by atoms with Crippen LogP contribution in [0, 0.1) is 17.8 Å². The fraction of sp³-hybridized carbons (Fsp3) is 0.391. The van der Waals surface area contributed by atoms with Crippen molar-refractivity contribution in [3.63, 3.8) is 0 Å². The van der Waals surface area contributed by atoms with Gasteiger partial charge in [0.05, 0.1) is 29.9 Å². The topological polar surface area (TPSA) is 95.2 Å². The number of hydrogen-bond donors (Lipinski definition) is 1. The van der Waals surface area contributed by atoms with Crippen molar-refractivity contribution in [2.75, 3.05) is 12.4 Å². The summed E-state index contributed by atoms with van der Waals surface area (Å²) in [7, 11) is 3.18. The van der Waals surface area contributed by atoms with Crippen LogP contribution in [-0.2, 0) is 18.4 Å². The Morgan fingerprint density at radius 2 is 1.94 bits per heavy atom. The van der Waals surface area contributed by atoms with E-state index in [0.717, 1.165) is 12.8 Å². The Bertz CT molecular complexity index is 1260. The van der Waals surface area contributed by atoms with Crippen LogP contribution < -0.4 is 21.3 Å². The third-order valence-electron chi connectivity index (χ3n) is 6.21. The third kappa shape index (κ3) is 4.28. The quantitative estimate of drug-likeness (QED) is 0.616. The molecule has 1 saturated carbocycles. The van der Waals surface area contributed by atoms with E-state index in [1.807, 2.05) is 0 Å². The van der Waals surface area contributed by atoms with Gasteiger partial charge in [-0.1, -0.05) is 0 Å². The van der Waals surface area contributed by atoms with Gasteiger partial charge in [0.2, 0.25) is 11.9 Å². The van der Waals surface area contributed by atoms with Crippen LogP contribution in [0.3, 0.4) is 0 Å². The highest BCUT2D eigenvalue weighted by molar-refractivity contribution is 5.92. The molecule has 1 amide bonds. The first kappa shape index (κ1) is 21.7. The van der Waals surface area contributed by atoms with Crippen molar-refractivity contribution in [3.05, 3.63) is 63.3 Å². The Balaban J connectivity index is 1.46. The predicted molar refractivity (Wildman–Crippen MR) is 118 cm³/mol. The lowest BCUT2D eigenvalue weighted by atomic mass is 9.81. The van der Waals surface area contributed by atoms with Crippen molar-refractivity contribution < 1.29 is 13.9 Å². The molecule has 1 fully saturated rings. The molecule has 9 heteroatoms. The van der Waals surface area contributed by atoms with Gasteiger partial charge in [-0.15, -0.1) is 0 Å². The summed E-state index contributed by atoms with van der Waals surface area (Å²) in [5, 5.41) is 3.21. The first-order valence-corrected chi connectivity index (χ1v) is 10.6. The second kappa shape index (κ2) is 8.94. The minimum Gasteiger partial charge on any atom is -0.497 e. The molecule has 32 heavy (non-hydrogen) atoms. The molecule has 0 bridgehead atoms. The van der Waals surface area contributed by atoms with Gasteiger partial charge >= 0.3 is 5.69 Å². The van der Waals surface area contributed by atoms with Gasteiger partial charge in [0, 0.05) is 19.5 Å². The number of anilines is 1. The lowest BCUT2D eigenvalue weighted by Crippen LogP contribution is -2.41. The summed E-state index contributed by atoms with van der Waals surface area (Å²) >= 11 is 0. The van der Waals surface area contributed by atoms with Crippen LogP contribution in [0.15, 0.2) is 46.1 Å². The standard InChI is InChI=1S/C23H25FN4O4/c1-27-19-9-8-17(32-2)11-18(19)22(30)28(23(27)31)13-14-3-5-15(6-4-14)21(29)26-16-7-10-20(24)25-12-16/h7-12,14-15H,3-6,13H2,1-2H3,(H,26,29). The van der Waals surface area contributed by atoms with Gasteiger partial charge < -0.3 is 10.1 Å². The van der Waals surface area contributed by atoms with Gasteiger partial charge in [0.15, 0.2) is 0 Å². The van der Waals surface area contributed by atoms with Crippen LogP contribution in [0.4, 0.5) is 10.1 Å². The number of fused-ring (bicyclic) bond motifs is 1. The molecule has 0 unspecified atom stereocenters. The van der Waals surface area contributed by atoms with E-state index >= 15 is 0 Å². The second-order valence-corrected chi connectivity index (χ2v) is 8.22. The molecule has 0 atom stereocenters. The zero-order valence-corrected chi connectivity index (χ0v) is 18.0. The minimum absolute atomic E-state index is 0.122. The molecule has 1 aliphatic carbocycles. The fourth-order valence-corrected chi connectivity index (χ4v) is 4.34. The number of rotatable bonds is 5. The zero-order chi connectivity index (χ0) is 22.8. The van der Waals surface area contributed by atoms with Crippen LogP contribution in [0.1, 0.15) is 25.7 Å². The summed E-state index contributed by atoms with van der Waals surface area (Å²) in [5.41, 5.74) is 0.342. The molecule has 1 aromatic carbocycles. The smallest absolute Gasteiger partial charge is 0.331 e. The molecule has 0 spiro atoms. The van der Waals surface area contributed by atoms with E-state index in [1.54, 1.807) is 25.2 Å². The second-order valence-electron chi connectivity index (χ2n) is 8.22. The number of pyridine rings is 1. The number of methoxy groups -OCH3 is 1. The number of nitrogens with one attached hydrogen (secondary N) is 1. The number of amides is 1. The van der Waals surface area contributed by atoms with Gasteiger partial charge in [0.1, 0.15) is 5.75 Å². The van der Waals surface area contributed by atoms with E-state index in [2.05, 4.69) is 10.3 Å². The molecule has 2 aromatic heterocycles. The van der Waals surface area contributed by atoms with Crippen molar-refractivity contribution in [2.45, 2.75) is 32.2 Å². The van der Waals surface area contributed by atoms with Crippen LogP contribution in [0.5, 0.6) is 5.75 Å². The molecule has 0 aliphatic heterocycles. The van der Waals surface area contributed by atoms with Gasteiger partial charge in [-0.2, -0.15) is 4.39 Å². The van der Waals surface area contributed by atoms with Crippen molar-refractivity contribution in [2.24, 2.45) is 18.9 Å². The van der Waals surface area contributed by atoms with E-state index in [9.17, 15) is 18.8 Å². The normalized spacial score (nSPS) is 18.5. The summed E-state index contributed by atoms with van der Waals surface area (Å²) in [6.45, 7) is 0.314. The Labute approximate surface area is 183 Å². The molecule has 2 heterocycles. The third-order valence-corrected chi connectivity index (χ3v) is 6.21. The highest BCUT2D eigenvalue weighted by Gasteiger charge is 2.27. The number of carbonyl (C=O) groups excluding carboxylic acids is 1. The van der Waals surface area contributed by atoms with E-state index in [1.165, 1.54) is 34.6 Å². The maximum absolute atomic E-state index is 13.0. The Kier molecular flexibility index (Phi) is 6.07. The highest BCUT2D eigenvalue weighted by Crippen LogP contribution is 2.30. The van der Waals surface area contributed by atoms with Gasteiger partial charge in [-0.25, -0.2) is 9.78 Å². The van der Waals surface area contributed by atoms with E-state index in [0.29, 0.717) is 41.7 Å². The van der Waals surface area contributed by atoms with Crippen molar-refractivity contribution in [3.8, 4) is 5.75 Å². The number of aryl methyl sites for hydroxylation is 1. The monoisotopic (exact) mass is 440 g/mol. The maximum Gasteiger partial charge on any atom is 0.331 e. The van der Waals surface area contributed by atoms with Crippen LogP contribution in [0.2, 0.25) is 0 Å². The number of benzene rings is 1. The summed E-state index contributed by atoms with van der Waals surface area (Å²) < 4.78 is 20.9. The lowest BCUT2D eigenvalue weighted by molar-refractivity contribution is -0.121. The SMILES string of the molecule is COc1ccc2c(c1)c(=O)n(CC1CCC(C(=O)Nc3ccc(F)nc3)CC1)c(=O)n2C. The van der Waals surface area contributed by atoms with Crippen LogP contribution >= 0.6 is 0 Å².